The molecule has 0 bridgehead atoms. The number of para-hydroxylation sites is 1. The van der Waals surface area contributed by atoms with Gasteiger partial charge in [-0.15, -0.1) is 0 Å². The van der Waals surface area contributed by atoms with E-state index in [2.05, 4.69) is 24.0 Å². The third-order valence-corrected chi connectivity index (χ3v) is 3.09. The van der Waals surface area contributed by atoms with Crippen molar-refractivity contribution in [3.8, 4) is 5.75 Å². The maximum absolute atomic E-state index is 8.88. The van der Waals surface area contributed by atoms with Gasteiger partial charge in [-0.2, -0.15) is 0 Å². The molecule has 1 aliphatic heterocycles. The van der Waals surface area contributed by atoms with Gasteiger partial charge in [0, 0.05) is 24.8 Å². The number of nitrogens with zero attached hydrogens (tertiary/aromatic N) is 1. The number of aliphatic hydroxyl groups excluding tert-OH is 1. The van der Waals surface area contributed by atoms with E-state index in [0.717, 1.165) is 25.1 Å². The highest BCUT2D eigenvalue weighted by atomic mass is 16.5. The maximum Gasteiger partial charge on any atom is 0.142 e. The summed E-state index contributed by atoms with van der Waals surface area (Å²) in [6, 6.07) is 8.65. The van der Waals surface area contributed by atoms with Gasteiger partial charge in [0.2, 0.25) is 0 Å². The van der Waals surface area contributed by atoms with Crippen molar-refractivity contribution in [1.82, 2.24) is 4.90 Å². The average molecular weight is 221 g/mol. The number of fused-ring (bicyclic) bond motifs is 1. The minimum atomic E-state index is 0.245. The molecule has 0 aromatic heterocycles. The molecular weight excluding hydrogens is 202 g/mol. The van der Waals surface area contributed by atoms with Crippen molar-refractivity contribution in [1.29, 1.82) is 0 Å². The second-order valence-electron chi connectivity index (χ2n) is 4.12. The summed E-state index contributed by atoms with van der Waals surface area (Å²) < 4.78 is 5.71. The topological polar surface area (TPSA) is 32.7 Å². The predicted octanol–water partition coefficient (Wildman–Crippen LogP) is 2.17. The lowest BCUT2D eigenvalue weighted by atomic mass is 10.0. The molecule has 1 aromatic carbocycles. The van der Waals surface area contributed by atoms with E-state index >= 15 is 0 Å². The Labute approximate surface area is 96.6 Å². The van der Waals surface area contributed by atoms with Gasteiger partial charge >= 0.3 is 0 Å². The molecule has 1 aromatic rings. The largest absolute Gasteiger partial charge is 0.478 e. The molecule has 3 nitrogen and oxygen atoms in total. The van der Waals surface area contributed by atoms with Crippen LogP contribution in [0.5, 0.6) is 5.75 Å². The van der Waals surface area contributed by atoms with Crippen molar-refractivity contribution in [2.24, 2.45) is 0 Å². The van der Waals surface area contributed by atoms with Crippen LogP contribution in [-0.2, 0) is 0 Å². The lowest BCUT2D eigenvalue weighted by molar-refractivity contribution is 0.0503. The molecule has 0 saturated heterocycles. The minimum Gasteiger partial charge on any atom is -0.478 e. The van der Waals surface area contributed by atoms with Gasteiger partial charge in [0.15, 0.2) is 0 Å². The third-order valence-electron chi connectivity index (χ3n) is 3.09. The van der Waals surface area contributed by atoms with Crippen LogP contribution in [0.25, 0.3) is 0 Å². The predicted molar refractivity (Wildman–Crippen MR) is 63.4 cm³/mol. The average Bonchev–Trinajstić information content (AvgIpc) is 2.35. The second-order valence-corrected chi connectivity index (χ2v) is 4.12. The van der Waals surface area contributed by atoms with Crippen LogP contribution < -0.4 is 4.74 Å². The van der Waals surface area contributed by atoms with Gasteiger partial charge < -0.3 is 9.84 Å². The molecule has 16 heavy (non-hydrogen) atoms. The molecule has 0 saturated carbocycles. The third kappa shape index (κ3) is 2.20. The Morgan fingerprint density at radius 1 is 1.44 bits per heavy atom. The highest BCUT2D eigenvalue weighted by Gasteiger charge is 2.26. The van der Waals surface area contributed by atoms with E-state index in [0.29, 0.717) is 12.8 Å². The van der Waals surface area contributed by atoms with Crippen molar-refractivity contribution < 1.29 is 9.84 Å². The van der Waals surface area contributed by atoms with E-state index in [-0.39, 0.29) is 6.61 Å². The number of ether oxygens (including phenoxy) is 1. The number of benzene rings is 1. The Bertz CT molecular complexity index is 340. The summed E-state index contributed by atoms with van der Waals surface area (Å²) in [6.45, 7) is 3.96. The summed E-state index contributed by atoms with van der Waals surface area (Å²) in [5.41, 5.74) is 1.27. The van der Waals surface area contributed by atoms with Gasteiger partial charge in [-0.3, -0.25) is 4.90 Å². The Kier molecular flexibility index (Phi) is 3.80. The van der Waals surface area contributed by atoms with Crippen LogP contribution in [0.15, 0.2) is 24.3 Å². The first-order chi connectivity index (χ1) is 7.86. The van der Waals surface area contributed by atoms with Crippen LogP contribution in [0, 0.1) is 0 Å². The molecule has 0 aliphatic carbocycles. The van der Waals surface area contributed by atoms with Crippen LogP contribution in [0.1, 0.15) is 31.4 Å². The van der Waals surface area contributed by atoms with Crippen LogP contribution >= 0.6 is 0 Å². The quantitative estimate of drug-likeness (QED) is 0.845. The summed E-state index contributed by atoms with van der Waals surface area (Å²) in [7, 11) is 0. The van der Waals surface area contributed by atoms with Gasteiger partial charge in [-0.25, -0.2) is 0 Å². The van der Waals surface area contributed by atoms with E-state index < -0.39 is 0 Å². The van der Waals surface area contributed by atoms with Crippen LogP contribution in [-0.4, -0.2) is 29.9 Å². The van der Waals surface area contributed by atoms with E-state index in [1.54, 1.807) is 0 Å². The molecule has 1 heterocycles. The Morgan fingerprint density at radius 2 is 2.25 bits per heavy atom. The standard InChI is InChI=1S/C13H19NO2/c1-2-12-11-6-3-4-7-13(11)16-10-14(12)8-5-9-15/h3-4,6-7,12,15H,2,5,8-10H2,1H3. The molecule has 1 atom stereocenters. The van der Waals surface area contributed by atoms with Gasteiger partial charge in [0.05, 0.1) is 0 Å². The maximum atomic E-state index is 8.88. The fourth-order valence-corrected chi connectivity index (χ4v) is 2.30. The Morgan fingerprint density at radius 3 is 3.00 bits per heavy atom. The smallest absolute Gasteiger partial charge is 0.142 e. The SMILES string of the molecule is CCC1c2ccccc2OCN1CCCO. The molecule has 0 spiro atoms. The fourth-order valence-electron chi connectivity index (χ4n) is 2.30. The van der Waals surface area contributed by atoms with Crippen LogP contribution in [0.3, 0.4) is 0 Å². The highest BCUT2D eigenvalue weighted by molar-refractivity contribution is 5.37. The molecule has 0 radical (unpaired) electrons. The zero-order valence-electron chi connectivity index (χ0n) is 9.72. The molecule has 0 amide bonds. The number of rotatable bonds is 4. The lowest BCUT2D eigenvalue weighted by Gasteiger charge is -2.36. The first-order valence-electron chi connectivity index (χ1n) is 5.93. The molecule has 2 rings (SSSR count). The summed E-state index contributed by atoms with van der Waals surface area (Å²) in [4.78, 5) is 2.29. The number of hydrogen-bond acceptors (Lipinski definition) is 3. The first kappa shape index (κ1) is 11.4. The van der Waals surface area contributed by atoms with Crippen molar-refractivity contribution in [3.05, 3.63) is 29.8 Å². The monoisotopic (exact) mass is 221 g/mol. The summed E-state index contributed by atoms with van der Waals surface area (Å²) in [5, 5.41) is 8.88. The van der Waals surface area contributed by atoms with Crippen molar-refractivity contribution >= 4 is 0 Å². The highest BCUT2D eigenvalue weighted by Crippen LogP contribution is 2.35. The molecule has 1 unspecified atom stereocenters. The van der Waals surface area contributed by atoms with E-state index in [4.69, 9.17) is 9.84 Å². The molecule has 3 heteroatoms. The van der Waals surface area contributed by atoms with E-state index in [1.165, 1.54) is 5.56 Å². The van der Waals surface area contributed by atoms with Gasteiger partial charge in [-0.1, -0.05) is 25.1 Å². The van der Waals surface area contributed by atoms with Crippen LogP contribution in [0.4, 0.5) is 0 Å². The summed E-state index contributed by atoms with van der Waals surface area (Å²) in [5.74, 6) is 1.01. The zero-order chi connectivity index (χ0) is 11.4. The Hall–Kier alpha value is -1.06. The summed E-state index contributed by atoms with van der Waals surface area (Å²) in [6.07, 6.45) is 1.88. The molecule has 0 fully saturated rings. The minimum absolute atomic E-state index is 0.245. The van der Waals surface area contributed by atoms with Gasteiger partial charge in [-0.05, 0) is 18.9 Å². The Balaban J connectivity index is 2.16. The van der Waals surface area contributed by atoms with Crippen molar-refractivity contribution in [2.45, 2.75) is 25.8 Å². The normalized spacial score (nSPS) is 20.2. The fraction of sp³-hybridized carbons (Fsp3) is 0.538. The van der Waals surface area contributed by atoms with Gasteiger partial charge in [0.1, 0.15) is 12.5 Å². The van der Waals surface area contributed by atoms with E-state index in [9.17, 15) is 0 Å². The van der Waals surface area contributed by atoms with Crippen molar-refractivity contribution in [2.75, 3.05) is 19.9 Å². The first-order valence-corrected chi connectivity index (χ1v) is 5.93. The van der Waals surface area contributed by atoms with Crippen molar-refractivity contribution in [3.63, 3.8) is 0 Å². The zero-order valence-corrected chi connectivity index (χ0v) is 9.72. The van der Waals surface area contributed by atoms with Crippen LogP contribution in [0.2, 0.25) is 0 Å². The molecule has 88 valence electrons. The second kappa shape index (κ2) is 5.32. The molecule has 1 N–H and O–H groups in total. The lowest BCUT2D eigenvalue weighted by Crippen LogP contribution is -2.37. The summed E-state index contributed by atoms with van der Waals surface area (Å²) >= 11 is 0. The van der Waals surface area contributed by atoms with E-state index in [1.807, 2.05) is 12.1 Å². The number of hydrogen-bond donors (Lipinski definition) is 1. The van der Waals surface area contributed by atoms with Gasteiger partial charge in [0.25, 0.3) is 0 Å². The molecule has 1 aliphatic rings. The number of aliphatic hydroxyl groups is 1. The molecular formula is C13H19NO2.